The summed E-state index contributed by atoms with van der Waals surface area (Å²) in [5.41, 5.74) is 0.379. The molecule has 1 aromatic carbocycles. The van der Waals surface area contributed by atoms with Crippen LogP contribution in [0.15, 0.2) is 18.2 Å². The Balaban J connectivity index is 2.02. The number of hydrogen-bond acceptors (Lipinski definition) is 3. The van der Waals surface area contributed by atoms with Crippen molar-refractivity contribution in [3.05, 3.63) is 34.6 Å². The first-order valence-corrected chi connectivity index (χ1v) is 5.39. The Morgan fingerprint density at radius 1 is 1.56 bits per heavy atom. The first-order valence-electron chi connectivity index (χ1n) is 5.01. The molecule has 86 valence electrons. The molecule has 2 rings (SSSR count). The molecule has 1 aliphatic rings. The number of rotatable bonds is 3. The van der Waals surface area contributed by atoms with Crippen LogP contribution in [0.3, 0.4) is 0 Å². The summed E-state index contributed by atoms with van der Waals surface area (Å²) in [7, 11) is 0. The topological polar surface area (TPSA) is 38.3 Å². The number of esters is 1. The molecule has 0 aliphatic carbocycles. The first kappa shape index (κ1) is 11.4. The lowest BCUT2D eigenvalue weighted by molar-refractivity contribution is -0.139. The highest BCUT2D eigenvalue weighted by Crippen LogP contribution is 2.19. The smallest absolute Gasteiger partial charge is 0.323 e. The summed E-state index contributed by atoms with van der Waals surface area (Å²) < 4.78 is 18.2. The van der Waals surface area contributed by atoms with Gasteiger partial charge in [-0.15, -0.1) is 0 Å². The van der Waals surface area contributed by atoms with Gasteiger partial charge >= 0.3 is 5.97 Å². The van der Waals surface area contributed by atoms with Gasteiger partial charge in [-0.3, -0.25) is 4.79 Å². The number of halogens is 2. The molecule has 0 radical (unpaired) electrons. The molecule has 0 amide bonds. The Morgan fingerprint density at radius 2 is 2.38 bits per heavy atom. The predicted octanol–water partition coefficient (Wildman–Crippen LogP) is 1.88. The Labute approximate surface area is 97.5 Å². The maximum atomic E-state index is 13.4. The predicted molar refractivity (Wildman–Crippen MR) is 57.6 cm³/mol. The van der Waals surface area contributed by atoms with Gasteiger partial charge in [0, 0.05) is 23.6 Å². The maximum Gasteiger partial charge on any atom is 0.323 e. The van der Waals surface area contributed by atoms with Gasteiger partial charge in [0.1, 0.15) is 11.9 Å². The summed E-state index contributed by atoms with van der Waals surface area (Å²) in [6, 6.07) is 4.16. The standard InChI is InChI=1S/C11H11ClFNO2/c12-8-2-1-3-9(13)7(8)6-14-10-4-5-16-11(10)15/h1-3,10,14H,4-6H2. The zero-order valence-corrected chi connectivity index (χ0v) is 9.26. The zero-order valence-electron chi connectivity index (χ0n) is 8.50. The molecule has 1 unspecified atom stereocenters. The normalized spacial score (nSPS) is 19.9. The van der Waals surface area contributed by atoms with Crippen LogP contribution in [0.4, 0.5) is 4.39 Å². The Morgan fingerprint density at radius 3 is 3.00 bits per heavy atom. The largest absolute Gasteiger partial charge is 0.464 e. The van der Waals surface area contributed by atoms with E-state index < -0.39 is 0 Å². The highest BCUT2D eigenvalue weighted by atomic mass is 35.5. The third-order valence-electron chi connectivity index (χ3n) is 2.52. The second-order valence-electron chi connectivity index (χ2n) is 3.59. The molecule has 16 heavy (non-hydrogen) atoms. The number of nitrogens with one attached hydrogen (secondary N) is 1. The van der Waals surface area contributed by atoms with Crippen molar-refractivity contribution in [3.8, 4) is 0 Å². The fourth-order valence-corrected chi connectivity index (χ4v) is 1.84. The van der Waals surface area contributed by atoms with Gasteiger partial charge in [-0.2, -0.15) is 0 Å². The number of ether oxygens (including phenoxy) is 1. The van der Waals surface area contributed by atoms with E-state index in [-0.39, 0.29) is 24.4 Å². The highest BCUT2D eigenvalue weighted by Gasteiger charge is 2.26. The summed E-state index contributed by atoms with van der Waals surface area (Å²) in [6.07, 6.45) is 0.616. The van der Waals surface area contributed by atoms with Gasteiger partial charge in [0.25, 0.3) is 0 Å². The van der Waals surface area contributed by atoms with Gasteiger partial charge in [0.05, 0.1) is 6.61 Å². The number of benzene rings is 1. The van der Waals surface area contributed by atoms with E-state index >= 15 is 0 Å². The van der Waals surface area contributed by atoms with E-state index in [1.54, 1.807) is 12.1 Å². The molecule has 1 fully saturated rings. The second-order valence-corrected chi connectivity index (χ2v) is 4.00. The van der Waals surface area contributed by atoms with Gasteiger partial charge in [0.15, 0.2) is 0 Å². The number of cyclic esters (lactones) is 1. The van der Waals surface area contributed by atoms with E-state index in [0.29, 0.717) is 23.6 Å². The van der Waals surface area contributed by atoms with Gasteiger partial charge in [0.2, 0.25) is 0 Å². The van der Waals surface area contributed by atoms with Gasteiger partial charge in [-0.25, -0.2) is 4.39 Å². The average Bonchev–Trinajstić information content (AvgIpc) is 2.64. The van der Waals surface area contributed by atoms with E-state index in [1.165, 1.54) is 6.07 Å². The van der Waals surface area contributed by atoms with Gasteiger partial charge < -0.3 is 10.1 Å². The fraction of sp³-hybridized carbons (Fsp3) is 0.364. The molecule has 3 nitrogen and oxygen atoms in total. The lowest BCUT2D eigenvalue weighted by Crippen LogP contribution is -2.32. The van der Waals surface area contributed by atoms with Crippen molar-refractivity contribution >= 4 is 17.6 Å². The van der Waals surface area contributed by atoms with E-state index in [2.05, 4.69) is 5.32 Å². The lowest BCUT2D eigenvalue weighted by Gasteiger charge is -2.10. The fourth-order valence-electron chi connectivity index (χ4n) is 1.61. The second kappa shape index (κ2) is 4.80. The van der Waals surface area contributed by atoms with Crippen molar-refractivity contribution in [3.63, 3.8) is 0 Å². The number of hydrogen-bond donors (Lipinski definition) is 1. The van der Waals surface area contributed by atoms with Crippen LogP contribution in [0.25, 0.3) is 0 Å². The van der Waals surface area contributed by atoms with Gasteiger partial charge in [-0.05, 0) is 12.1 Å². The lowest BCUT2D eigenvalue weighted by atomic mass is 10.2. The van der Waals surface area contributed by atoms with Crippen molar-refractivity contribution in [1.82, 2.24) is 5.32 Å². The van der Waals surface area contributed by atoms with E-state index in [0.717, 1.165) is 0 Å². The van der Waals surface area contributed by atoms with Gasteiger partial charge in [-0.1, -0.05) is 17.7 Å². The Bertz CT molecular complexity index is 391. The molecular weight excluding hydrogens is 233 g/mol. The average molecular weight is 244 g/mol. The molecule has 0 saturated carbocycles. The molecule has 1 saturated heterocycles. The van der Waals surface area contributed by atoms with Crippen LogP contribution in [0.5, 0.6) is 0 Å². The molecule has 0 bridgehead atoms. The number of carbonyl (C=O) groups excluding carboxylic acids is 1. The van der Waals surface area contributed by atoms with Crippen LogP contribution in [0.2, 0.25) is 5.02 Å². The molecule has 1 atom stereocenters. The van der Waals surface area contributed by atoms with Crippen molar-refractivity contribution in [2.24, 2.45) is 0 Å². The third-order valence-corrected chi connectivity index (χ3v) is 2.88. The minimum absolute atomic E-state index is 0.227. The summed E-state index contributed by atoms with van der Waals surface area (Å²) in [6.45, 7) is 0.646. The SMILES string of the molecule is O=C1OCCC1NCc1c(F)cccc1Cl. The third kappa shape index (κ3) is 2.33. The summed E-state index contributed by atoms with van der Waals surface area (Å²) >= 11 is 5.86. The van der Waals surface area contributed by atoms with E-state index in [1.807, 2.05) is 0 Å². The number of carbonyl (C=O) groups is 1. The van der Waals surface area contributed by atoms with Crippen LogP contribution in [-0.2, 0) is 16.1 Å². The van der Waals surface area contributed by atoms with Crippen molar-refractivity contribution in [1.29, 1.82) is 0 Å². The molecule has 0 spiro atoms. The molecule has 0 aromatic heterocycles. The molecule has 1 heterocycles. The summed E-state index contributed by atoms with van der Waals surface area (Å²) in [5.74, 6) is -0.654. The quantitative estimate of drug-likeness (QED) is 0.824. The molecule has 1 aliphatic heterocycles. The van der Waals surface area contributed by atoms with E-state index in [9.17, 15) is 9.18 Å². The summed E-state index contributed by atoms with van der Waals surface area (Å²) in [4.78, 5) is 11.2. The minimum Gasteiger partial charge on any atom is -0.464 e. The maximum absolute atomic E-state index is 13.4. The summed E-state index contributed by atoms with van der Waals surface area (Å²) in [5, 5.41) is 3.29. The molecule has 5 heteroatoms. The molecule has 1 N–H and O–H groups in total. The van der Waals surface area contributed by atoms with E-state index in [4.69, 9.17) is 16.3 Å². The van der Waals surface area contributed by atoms with Crippen molar-refractivity contribution in [2.75, 3.05) is 6.61 Å². The van der Waals surface area contributed by atoms with Crippen molar-refractivity contribution < 1.29 is 13.9 Å². The van der Waals surface area contributed by atoms with Crippen LogP contribution in [0, 0.1) is 5.82 Å². The Kier molecular flexibility index (Phi) is 3.41. The Hall–Kier alpha value is -1.13. The van der Waals surface area contributed by atoms with Crippen LogP contribution in [0.1, 0.15) is 12.0 Å². The molecular formula is C11H11ClFNO2. The van der Waals surface area contributed by atoms with Crippen LogP contribution >= 0.6 is 11.6 Å². The minimum atomic E-state index is -0.369. The highest BCUT2D eigenvalue weighted by molar-refractivity contribution is 6.31. The molecule has 1 aromatic rings. The van der Waals surface area contributed by atoms with Crippen LogP contribution < -0.4 is 5.32 Å². The first-order chi connectivity index (χ1) is 7.68. The van der Waals surface area contributed by atoms with Crippen LogP contribution in [-0.4, -0.2) is 18.6 Å². The van der Waals surface area contributed by atoms with Crippen molar-refractivity contribution in [2.45, 2.75) is 19.0 Å². The zero-order chi connectivity index (χ0) is 11.5. The monoisotopic (exact) mass is 243 g/mol.